The maximum absolute atomic E-state index is 14.8. The Bertz CT molecular complexity index is 941. The fraction of sp³-hybridized carbons (Fsp3) is 0.300. The number of halogens is 3. The molecular weight excluding hydrogens is 419 g/mol. The minimum Gasteiger partial charge on any atom is -0.396 e. The number of oxime groups is 1. The van der Waals surface area contributed by atoms with Crippen molar-refractivity contribution in [3.63, 3.8) is 0 Å². The summed E-state index contributed by atoms with van der Waals surface area (Å²) in [4.78, 5) is 22.1. The zero-order valence-corrected chi connectivity index (χ0v) is 16.6. The van der Waals surface area contributed by atoms with Crippen LogP contribution in [-0.4, -0.2) is 48.8 Å². The minimum atomic E-state index is -1.45. The van der Waals surface area contributed by atoms with Crippen molar-refractivity contribution in [3.8, 4) is 0 Å². The summed E-state index contributed by atoms with van der Waals surface area (Å²) >= 11 is 0. The van der Waals surface area contributed by atoms with Crippen molar-refractivity contribution < 1.29 is 37.9 Å². The van der Waals surface area contributed by atoms with Gasteiger partial charge < -0.3 is 20.4 Å². The highest BCUT2D eigenvalue weighted by atomic mass is 19.2. The smallest absolute Gasteiger partial charge is 0.277 e. The molecule has 1 amide bonds. The molecule has 0 saturated carbocycles. The summed E-state index contributed by atoms with van der Waals surface area (Å²) in [6.45, 7) is 0.958. The first kappa shape index (κ1) is 24.1. The number of benzene rings is 2. The zero-order chi connectivity index (χ0) is 22.8. The number of nitrogens with zero attached hydrogens (tertiary/aromatic N) is 1. The van der Waals surface area contributed by atoms with E-state index in [9.17, 15) is 18.0 Å². The molecule has 0 unspecified atom stereocenters. The summed E-state index contributed by atoms with van der Waals surface area (Å²) in [7, 11) is 0. The Hall–Kier alpha value is -3.15. The van der Waals surface area contributed by atoms with Crippen LogP contribution in [-0.2, 0) is 9.68 Å². The average Bonchev–Trinajstić information content (AvgIpc) is 2.74. The third-order valence-electron chi connectivity index (χ3n) is 3.88. The van der Waals surface area contributed by atoms with Crippen LogP contribution in [0, 0.1) is 24.4 Å². The summed E-state index contributed by atoms with van der Waals surface area (Å²) in [5.74, 6) is -4.48. The number of hydrogen-bond donors (Lipinski definition) is 4. The number of hydrogen-bond acceptors (Lipinski definition) is 7. The van der Waals surface area contributed by atoms with Gasteiger partial charge in [0.1, 0.15) is 12.4 Å². The van der Waals surface area contributed by atoms with Gasteiger partial charge in [-0.15, -0.1) is 0 Å². The van der Waals surface area contributed by atoms with E-state index in [2.05, 4.69) is 20.8 Å². The molecule has 2 aromatic rings. The molecule has 0 aromatic heterocycles. The van der Waals surface area contributed by atoms with Crippen molar-refractivity contribution in [2.75, 3.05) is 31.7 Å². The largest absolute Gasteiger partial charge is 0.396 e. The van der Waals surface area contributed by atoms with Crippen molar-refractivity contribution in [2.45, 2.75) is 13.3 Å². The van der Waals surface area contributed by atoms with Crippen LogP contribution in [0.5, 0.6) is 0 Å². The highest BCUT2D eigenvalue weighted by molar-refractivity contribution is 6.01. The van der Waals surface area contributed by atoms with E-state index >= 15 is 0 Å². The summed E-state index contributed by atoms with van der Waals surface area (Å²) in [6, 6.07) is 5.04. The lowest BCUT2D eigenvalue weighted by Gasteiger charge is -2.16. The average molecular weight is 441 g/mol. The van der Waals surface area contributed by atoms with E-state index in [-0.39, 0.29) is 38.5 Å². The molecule has 31 heavy (non-hydrogen) atoms. The predicted molar refractivity (Wildman–Crippen MR) is 107 cm³/mol. The number of anilines is 2. The molecule has 0 spiro atoms. The van der Waals surface area contributed by atoms with E-state index < -0.39 is 40.2 Å². The molecule has 2 rings (SSSR count). The van der Waals surface area contributed by atoms with Crippen LogP contribution in [0.25, 0.3) is 0 Å². The van der Waals surface area contributed by atoms with Crippen LogP contribution in [0.15, 0.2) is 29.4 Å². The van der Waals surface area contributed by atoms with Crippen molar-refractivity contribution in [1.82, 2.24) is 5.48 Å². The lowest BCUT2D eigenvalue weighted by atomic mass is 10.1. The van der Waals surface area contributed by atoms with Crippen molar-refractivity contribution in [1.29, 1.82) is 0 Å². The van der Waals surface area contributed by atoms with Gasteiger partial charge in [-0.05, 0) is 37.1 Å². The quantitative estimate of drug-likeness (QED) is 0.242. The van der Waals surface area contributed by atoms with E-state index in [4.69, 9.17) is 15.1 Å². The summed E-state index contributed by atoms with van der Waals surface area (Å²) < 4.78 is 43.6. The first-order chi connectivity index (χ1) is 14.9. The highest BCUT2D eigenvalue weighted by Gasteiger charge is 2.23. The second kappa shape index (κ2) is 11.9. The van der Waals surface area contributed by atoms with Crippen molar-refractivity contribution in [2.24, 2.45) is 5.16 Å². The molecule has 0 aliphatic carbocycles. The fourth-order valence-electron chi connectivity index (χ4n) is 2.39. The van der Waals surface area contributed by atoms with Crippen molar-refractivity contribution in [3.05, 3.63) is 58.4 Å². The highest BCUT2D eigenvalue weighted by Crippen LogP contribution is 2.30. The fourth-order valence-corrected chi connectivity index (χ4v) is 2.39. The number of rotatable bonds is 11. The van der Waals surface area contributed by atoms with Crippen LogP contribution in [0.3, 0.4) is 0 Å². The Kier molecular flexibility index (Phi) is 9.25. The topological polar surface area (TPSA) is 112 Å². The molecule has 0 saturated heterocycles. The number of amides is 1. The Balaban J connectivity index is 2.43. The number of aliphatic hydroxyl groups is 2. The Labute approximate surface area is 176 Å². The van der Waals surface area contributed by atoms with Crippen LogP contribution < -0.4 is 10.8 Å². The molecule has 4 N–H and O–H groups in total. The number of hydroxylamine groups is 1. The standard InChI is InChI=1S/C20H22F3N3O5/c1-12-3-4-16(15(21)9-12)25-19-14(20(29)26-31-7-2-5-27)10-13(17(22)18(19)23)11-24-30-8-6-28/h3-4,9-11,25,27-28H,2,5-8H2,1H3,(H,26,29)/b24-11+. The van der Waals surface area contributed by atoms with Crippen LogP contribution in [0.2, 0.25) is 0 Å². The Morgan fingerprint density at radius 2 is 1.90 bits per heavy atom. The van der Waals surface area contributed by atoms with E-state index in [1.54, 1.807) is 13.0 Å². The zero-order valence-electron chi connectivity index (χ0n) is 16.6. The molecule has 11 heteroatoms. The maximum Gasteiger partial charge on any atom is 0.277 e. The predicted octanol–water partition coefficient (Wildman–Crippen LogP) is 2.54. The molecule has 0 heterocycles. The first-order valence-electron chi connectivity index (χ1n) is 9.23. The van der Waals surface area contributed by atoms with Gasteiger partial charge in [-0.2, -0.15) is 0 Å². The summed E-state index contributed by atoms with van der Waals surface area (Å²) in [5, 5.41) is 23.2. The molecule has 0 bridgehead atoms. The normalized spacial score (nSPS) is 11.0. The van der Waals surface area contributed by atoms with Gasteiger partial charge in [-0.25, -0.2) is 18.7 Å². The molecule has 8 nitrogen and oxygen atoms in total. The number of aliphatic hydroxyl groups excluding tert-OH is 2. The van der Waals surface area contributed by atoms with Gasteiger partial charge in [0, 0.05) is 12.2 Å². The molecule has 0 radical (unpaired) electrons. The third-order valence-corrected chi connectivity index (χ3v) is 3.88. The van der Waals surface area contributed by atoms with Crippen LogP contribution >= 0.6 is 0 Å². The molecule has 0 fully saturated rings. The van der Waals surface area contributed by atoms with Gasteiger partial charge in [0.15, 0.2) is 11.6 Å². The number of aryl methyl sites for hydroxylation is 1. The molecule has 0 aliphatic heterocycles. The van der Waals surface area contributed by atoms with E-state index in [0.29, 0.717) is 5.56 Å². The number of nitrogens with one attached hydrogen (secondary N) is 2. The van der Waals surface area contributed by atoms with Gasteiger partial charge in [0.05, 0.1) is 36.4 Å². The SMILES string of the molecule is Cc1ccc(Nc2c(C(=O)NOCCCO)cc(/C=N/OCCO)c(F)c2F)c(F)c1. The maximum atomic E-state index is 14.8. The van der Waals surface area contributed by atoms with Gasteiger partial charge in [-0.3, -0.25) is 9.63 Å². The molecule has 168 valence electrons. The van der Waals surface area contributed by atoms with Crippen molar-refractivity contribution >= 4 is 23.5 Å². The lowest BCUT2D eigenvalue weighted by molar-refractivity contribution is 0.0262. The lowest BCUT2D eigenvalue weighted by Crippen LogP contribution is -2.26. The summed E-state index contributed by atoms with van der Waals surface area (Å²) in [6.07, 6.45) is 1.06. The molecular formula is C20H22F3N3O5. The van der Waals surface area contributed by atoms with Gasteiger partial charge >= 0.3 is 0 Å². The van der Waals surface area contributed by atoms with E-state index in [1.807, 2.05) is 0 Å². The Morgan fingerprint density at radius 3 is 2.58 bits per heavy atom. The second-order valence-corrected chi connectivity index (χ2v) is 6.27. The number of carbonyl (C=O) groups is 1. The van der Waals surface area contributed by atoms with Crippen LogP contribution in [0.4, 0.5) is 24.5 Å². The Morgan fingerprint density at radius 1 is 1.13 bits per heavy atom. The van der Waals surface area contributed by atoms with E-state index in [0.717, 1.165) is 12.3 Å². The van der Waals surface area contributed by atoms with E-state index in [1.165, 1.54) is 12.1 Å². The molecule has 2 aromatic carbocycles. The minimum absolute atomic E-state index is 0.0232. The number of carbonyl (C=O) groups excluding carboxylic acids is 1. The second-order valence-electron chi connectivity index (χ2n) is 6.27. The van der Waals surface area contributed by atoms with Gasteiger partial charge in [-0.1, -0.05) is 11.2 Å². The summed E-state index contributed by atoms with van der Waals surface area (Å²) in [5.41, 5.74) is 1.05. The van der Waals surface area contributed by atoms with Crippen LogP contribution in [0.1, 0.15) is 27.9 Å². The third kappa shape index (κ3) is 6.67. The van der Waals surface area contributed by atoms with Gasteiger partial charge in [0.2, 0.25) is 0 Å². The monoisotopic (exact) mass is 441 g/mol. The first-order valence-corrected chi connectivity index (χ1v) is 9.23. The molecule has 0 aliphatic rings. The molecule has 0 atom stereocenters. The van der Waals surface area contributed by atoms with Gasteiger partial charge in [0.25, 0.3) is 5.91 Å².